The first kappa shape index (κ1) is 15.1. The average molecular weight is 297 g/mol. The van der Waals surface area contributed by atoms with E-state index in [1.165, 1.54) is 0 Å². The van der Waals surface area contributed by atoms with Crippen LogP contribution in [0.4, 0.5) is 13.2 Å². The fourth-order valence-electron chi connectivity index (χ4n) is 1.86. The van der Waals surface area contributed by atoms with Crippen LogP contribution in [0.2, 0.25) is 0 Å². The Balaban J connectivity index is 1.94. The largest absolute Gasteiger partial charge is 0.435 e. The van der Waals surface area contributed by atoms with Crippen molar-refractivity contribution >= 4 is 5.91 Å². The van der Waals surface area contributed by atoms with Crippen LogP contribution >= 0.6 is 0 Å². The molecule has 0 fully saturated rings. The summed E-state index contributed by atoms with van der Waals surface area (Å²) < 4.78 is 38.1. The van der Waals surface area contributed by atoms with Crippen LogP contribution in [0.5, 0.6) is 0 Å². The number of benzene rings is 1. The second kappa shape index (κ2) is 5.99. The van der Waals surface area contributed by atoms with Crippen LogP contribution in [-0.4, -0.2) is 15.7 Å². The number of hydrogen-bond acceptors (Lipinski definition) is 2. The van der Waals surface area contributed by atoms with E-state index >= 15 is 0 Å². The molecule has 21 heavy (non-hydrogen) atoms. The van der Waals surface area contributed by atoms with Gasteiger partial charge in [-0.3, -0.25) is 9.48 Å². The topological polar surface area (TPSA) is 46.9 Å². The van der Waals surface area contributed by atoms with Gasteiger partial charge in [-0.25, -0.2) is 0 Å². The van der Waals surface area contributed by atoms with Gasteiger partial charge in [-0.15, -0.1) is 0 Å². The number of nitrogens with one attached hydrogen (secondary N) is 1. The Kier molecular flexibility index (Phi) is 4.30. The van der Waals surface area contributed by atoms with Crippen molar-refractivity contribution in [2.24, 2.45) is 0 Å². The standard InChI is InChI=1S/C14H14F3N3O/c1-10(11-5-3-2-4-6-11)18-13(21)9-20-8-7-12(19-20)14(15,16)17/h2-8,10H,9H2,1H3,(H,18,21). The summed E-state index contributed by atoms with van der Waals surface area (Å²) in [6, 6.07) is 9.90. The summed E-state index contributed by atoms with van der Waals surface area (Å²) >= 11 is 0. The van der Waals surface area contributed by atoms with Crippen molar-refractivity contribution in [1.82, 2.24) is 15.1 Å². The highest BCUT2D eigenvalue weighted by molar-refractivity contribution is 5.76. The van der Waals surface area contributed by atoms with Gasteiger partial charge >= 0.3 is 6.18 Å². The molecule has 1 N–H and O–H groups in total. The zero-order chi connectivity index (χ0) is 15.5. The number of halogens is 3. The molecule has 112 valence electrons. The summed E-state index contributed by atoms with van der Waals surface area (Å²) in [5.41, 5.74) is -0.0892. The van der Waals surface area contributed by atoms with Gasteiger partial charge in [-0.2, -0.15) is 18.3 Å². The normalized spacial score (nSPS) is 13.0. The predicted molar refractivity (Wildman–Crippen MR) is 70.2 cm³/mol. The van der Waals surface area contributed by atoms with Crippen LogP contribution in [0.15, 0.2) is 42.6 Å². The smallest absolute Gasteiger partial charge is 0.348 e. The zero-order valence-electron chi connectivity index (χ0n) is 11.3. The molecule has 4 nitrogen and oxygen atoms in total. The molecule has 2 aromatic rings. The predicted octanol–water partition coefficient (Wildman–Crippen LogP) is 2.78. The van der Waals surface area contributed by atoms with Gasteiger partial charge in [0.2, 0.25) is 5.91 Å². The molecule has 0 spiro atoms. The minimum atomic E-state index is -4.50. The lowest BCUT2D eigenvalue weighted by Crippen LogP contribution is -2.30. The van der Waals surface area contributed by atoms with Gasteiger partial charge in [0.15, 0.2) is 5.69 Å². The summed E-state index contributed by atoms with van der Waals surface area (Å²) in [5.74, 6) is -0.400. The molecule has 1 unspecified atom stereocenters. The molecule has 1 aromatic carbocycles. The molecule has 1 aromatic heterocycles. The lowest BCUT2D eigenvalue weighted by Gasteiger charge is -2.14. The van der Waals surface area contributed by atoms with Gasteiger partial charge in [0, 0.05) is 6.20 Å². The molecule has 2 rings (SSSR count). The molecule has 0 saturated carbocycles. The maximum atomic E-state index is 12.4. The highest BCUT2D eigenvalue weighted by Gasteiger charge is 2.33. The minimum Gasteiger partial charge on any atom is -0.348 e. The lowest BCUT2D eigenvalue weighted by atomic mass is 10.1. The monoisotopic (exact) mass is 297 g/mol. The molecule has 0 saturated heterocycles. The number of amides is 1. The number of alkyl halides is 3. The van der Waals surface area contributed by atoms with Crippen molar-refractivity contribution in [2.45, 2.75) is 25.7 Å². The SMILES string of the molecule is CC(NC(=O)Cn1ccc(C(F)(F)F)n1)c1ccccc1. The van der Waals surface area contributed by atoms with Gasteiger partial charge in [-0.05, 0) is 18.6 Å². The van der Waals surface area contributed by atoms with Crippen LogP contribution in [0.3, 0.4) is 0 Å². The fraction of sp³-hybridized carbons (Fsp3) is 0.286. The van der Waals surface area contributed by atoms with Crippen molar-refractivity contribution in [3.8, 4) is 0 Å². The molecular formula is C14H14F3N3O. The second-order valence-corrected chi connectivity index (χ2v) is 4.60. The Labute approximate surface area is 119 Å². The van der Waals surface area contributed by atoms with Gasteiger partial charge in [0.25, 0.3) is 0 Å². The van der Waals surface area contributed by atoms with Crippen LogP contribution in [0, 0.1) is 0 Å². The van der Waals surface area contributed by atoms with E-state index in [9.17, 15) is 18.0 Å². The summed E-state index contributed by atoms with van der Waals surface area (Å²) in [6.45, 7) is 1.55. The maximum absolute atomic E-state index is 12.4. The van der Waals surface area contributed by atoms with E-state index < -0.39 is 17.8 Å². The number of carbonyl (C=O) groups excluding carboxylic acids is 1. The average Bonchev–Trinajstić information content (AvgIpc) is 2.88. The van der Waals surface area contributed by atoms with Crippen LogP contribution in [-0.2, 0) is 17.5 Å². The maximum Gasteiger partial charge on any atom is 0.435 e. The third-order valence-electron chi connectivity index (χ3n) is 2.91. The van der Waals surface area contributed by atoms with Crippen LogP contribution in [0.1, 0.15) is 24.2 Å². The fourth-order valence-corrected chi connectivity index (χ4v) is 1.86. The first-order valence-electron chi connectivity index (χ1n) is 6.31. The van der Waals surface area contributed by atoms with Crippen LogP contribution in [0.25, 0.3) is 0 Å². The van der Waals surface area contributed by atoms with E-state index in [1.54, 1.807) is 6.92 Å². The Morgan fingerprint density at radius 2 is 1.95 bits per heavy atom. The van der Waals surface area contributed by atoms with Gasteiger partial charge in [-0.1, -0.05) is 30.3 Å². The number of carbonyl (C=O) groups is 1. The second-order valence-electron chi connectivity index (χ2n) is 4.60. The van der Waals surface area contributed by atoms with Crippen molar-refractivity contribution < 1.29 is 18.0 Å². The Morgan fingerprint density at radius 1 is 1.29 bits per heavy atom. The Bertz CT molecular complexity index is 607. The Morgan fingerprint density at radius 3 is 2.52 bits per heavy atom. The van der Waals surface area contributed by atoms with E-state index in [1.807, 2.05) is 30.3 Å². The number of hydrogen-bond donors (Lipinski definition) is 1. The molecule has 1 amide bonds. The van der Waals surface area contributed by atoms with E-state index in [0.29, 0.717) is 0 Å². The molecule has 0 aliphatic carbocycles. The molecule has 0 aliphatic heterocycles. The van der Waals surface area contributed by atoms with Crippen molar-refractivity contribution in [3.05, 3.63) is 53.9 Å². The number of rotatable bonds is 4. The Hall–Kier alpha value is -2.31. The molecular weight excluding hydrogens is 283 g/mol. The van der Waals surface area contributed by atoms with Gasteiger partial charge < -0.3 is 5.32 Å². The van der Waals surface area contributed by atoms with Crippen molar-refractivity contribution in [2.75, 3.05) is 0 Å². The third-order valence-corrected chi connectivity index (χ3v) is 2.91. The van der Waals surface area contributed by atoms with Crippen molar-refractivity contribution in [3.63, 3.8) is 0 Å². The molecule has 0 bridgehead atoms. The summed E-state index contributed by atoms with van der Waals surface area (Å²) in [7, 11) is 0. The highest BCUT2D eigenvalue weighted by Crippen LogP contribution is 2.27. The van der Waals surface area contributed by atoms with Crippen molar-refractivity contribution in [1.29, 1.82) is 0 Å². The van der Waals surface area contributed by atoms with Gasteiger partial charge in [0.1, 0.15) is 6.54 Å². The molecule has 0 radical (unpaired) electrons. The minimum absolute atomic E-state index is 0.226. The van der Waals surface area contributed by atoms with Crippen LogP contribution < -0.4 is 5.32 Å². The lowest BCUT2D eigenvalue weighted by molar-refractivity contribution is -0.141. The molecule has 1 heterocycles. The molecule has 1 atom stereocenters. The summed E-state index contributed by atoms with van der Waals surface area (Å²) in [5, 5.41) is 6.04. The number of nitrogens with zero attached hydrogens (tertiary/aromatic N) is 2. The quantitative estimate of drug-likeness (QED) is 0.943. The molecule has 7 heteroatoms. The van der Waals surface area contributed by atoms with E-state index in [4.69, 9.17) is 0 Å². The first-order valence-corrected chi connectivity index (χ1v) is 6.31. The van der Waals surface area contributed by atoms with Gasteiger partial charge in [0.05, 0.1) is 6.04 Å². The third kappa shape index (κ3) is 4.08. The van der Waals surface area contributed by atoms with E-state index in [-0.39, 0.29) is 12.6 Å². The first-order chi connectivity index (χ1) is 9.86. The molecule has 0 aliphatic rings. The van der Waals surface area contributed by atoms with E-state index in [0.717, 1.165) is 22.5 Å². The highest BCUT2D eigenvalue weighted by atomic mass is 19.4. The zero-order valence-corrected chi connectivity index (χ0v) is 11.3. The summed E-state index contributed by atoms with van der Waals surface area (Å²) in [4.78, 5) is 11.8. The number of aromatic nitrogens is 2. The summed E-state index contributed by atoms with van der Waals surface area (Å²) in [6.07, 6.45) is -3.37. The van der Waals surface area contributed by atoms with E-state index in [2.05, 4.69) is 10.4 Å².